The molecular formula is C30H68O6Si4. The minimum atomic E-state index is -2.42. The van der Waals surface area contributed by atoms with Crippen LogP contribution in [0.15, 0.2) is 0 Å². The Morgan fingerprint density at radius 3 is 1.15 bits per heavy atom. The first kappa shape index (κ1) is 40.3. The van der Waals surface area contributed by atoms with E-state index in [1.54, 1.807) is 0 Å². The van der Waals surface area contributed by atoms with E-state index in [1.807, 2.05) is 0 Å². The van der Waals surface area contributed by atoms with Crippen LogP contribution in [0.2, 0.25) is 72.5 Å². The summed E-state index contributed by atoms with van der Waals surface area (Å²) in [6, 6.07) is 0. The number of aliphatic hydroxyl groups is 1. The highest BCUT2D eigenvalue weighted by molar-refractivity contribution is 6.75. The van der Waals surface area contributed by atoms with E-state index in [0.29, 0.717) is 12.9 Å². The molecule has 0 radical (unpaired) electrons. The molecule has 0 aliphatic rings. The monoisotopic (exact) mass is 636 g/mol. The van der Waals surface area contributed by atoms with Crippen LogP contribution in [-0.2, 0) is 22.5 Å². The van der Waals surface area contributed by atoms with Crippen LogP contribution >= 0.6 is 0 Å². The molecule has 0 aromatic rings. The normalized spacial score (nSPS) is 18.3. The SMILES string of the molecule is CC(C)(C)[Si](C)(C)OC[C@H](O[Si](C)(C)C(C)(C)C)[C@@H](O[Si](C)(C)C(C)(C)C)[C@H](O[Si](C)(C)C(C)(C)C)[C@H](O)C=O. The molecule has 0 saturated carbocycles. The molecule has 240 valence electrons. The topological polar surface area (TPSA) is 74.2 Å². The van der Waals surface area contributed by atoms with Crippen molar-refractivity contribution in [3.05, 3.63) is 0 Å². The summed E-state index contributed by atoms with van der Waals surface area (Å²) in [5, 5.41) is 11.0. The second-order valence-corrected chi connectivity index (χ2v) is 36.9. The molecule has 0 bridgehead atoms. The molecule has 0 amide bonds. The lowest BCUT2D eigenvalue weighted by molar-refractivity contribution is -0.130. The average Bonchev–Trinajstić information content (AvgIpc) is 2.69. The van der Waals surface area contributed by atoms with Gasteiger partial charge in [0.25, 0.3) is 0 Å². The first-order valence-electron chi connectivity index (χ1n) is 15.0. The Hall–Kier alpha value is 0.338. The van der Waals surface area contributed by atoms with Crippen molar-refractivity contribution in [2.75, 3.05) is 6.61 Å². The van der Waals surface area contributed by atoms with E-state index in [-0.39, 0.29) is 20.2 Å². The number of rotatable bonds is 13. The lowest BCUT2D eigenvalue weighted by atomic mass is 10.0. The largest absolute Gasteiger partial charge is 0.414 e. The van der Waals surface area contributed by atoms with Gasteiger partial charge in [0, 0.05) is 0 Å². The second kappa shape index (κ2) is 13.1. The number of aliphatic hydroxyl groups excluding tert-OH is 1. The minimum Gasteiger partial charge on any atom is -0.414 e. The van der Waals surface area contributed by atoms with Crippen molar-refractivity contribution in [3.63, 3.8) is 0 Å². The van der Waals surface area contributed by atoms with E-state index in [4.69, 9.17) is 17.7 Å². The highest BCUT2D eigenvalue weighted by Gasteiger charge is 2.51. The minimum absolute atomic E-state index is 0.0175. The predicted molar refractivity (Wildman–Crippen MR) is 181 cm³/mol. The van der Waals surface area contributed by atoms with Gasteiger partial charge < -0.3 is 27.6 Å². The molecule has 1 N–H and O–H groups in total. The summed E-state index contributed by atoms with van der Waals surface area (Å²) in [5.41, 5.74) is 0. The Kier molecular flexibility index (Phi) is 13.2. The fraction of sp³-hybridized carbons (Fsp3) is 0.967. The second-order valence-electron chi connectivity index (χ2n) is 17.8. The molecule has 0 spiro atoms. The third kappa shape index (κ3) is 10.5. The van der Waals surface area contributed by atoms with Crippen LogP contribution in [-0.4, -0.2) is 75.7 Å². The summed E-state index contributed by atoms with van der Waals surface area (Å²) in [6.07, 6.45) is -2.80. The van der Waals surface area contributed by atoms with Crippen LogP contribution in [0.3, 0.4) is 0 Å². The van der Waals surface area contributed by atoms with Gasteiger partial charge in [0.05, 0.1) is 12.7 Å². The number of hydrogen-bond acceptors (Lipinski definition) is 6. The van der Waals surface area contributed by atoms with E-state index in [1.165, 1.54) is 0 Å². The molecule has 0 saturated heterocycles. The summed E-state index contributed by atoms with van der Waals surface area (Å²) in [4.78, 5) is 12.2. The molecule has 10 heteroatoms. The third-order valence-electron chi connectivity index (χ3n) is 10.3. The van der Waals surface area contributed by atoms with Crippen LogP contribution in [0.4, 0.5) is 0 Å². The maximum atomic E-state index is 12.2. The molecule has 0 aliphatic carbocycles. The zero-order valence-electron chi connectivity index (χ0n) is 30.1. The van der Waals surface area contributed by atoms with Gasteiger partial charge >= 0.3 is 0 Å². The van der Waals surface area contributed by atoms with E-state index >= 15 is 0 Å². The standard InChI is InChI=1S/C30H68O6Si4/c1-27(2,3)37(13,14)33-22-24(34-38(15,16)28(4,5)6)26(36-40(19,20)30(10,11)12)25(23(32)21-31)35-39(17,18)29(7,8)9/h21,23-26,32H,22H2,1-20H3/t23-,24+,25-,26-/m1/s1. The van der Waals surface area contributed by atoms with Gasteiger partial charge in [0.15, 0.2) is 39.6 Å². The summed E-state index contributed by atoms with van der Waals surface area (Å²) in [5.74, 6) is 0. The van der Waals surface area contributed by atoms with Gasteiger partial charge in [-0.1, -0.05) is 83.1 Å². The van der Waals surface area contributed by atoms with Crippen molar-refractivity contribution in [3.8, 4) is 0 Å². The van der Waals surface area contributed by atoms with E-state index in [0.717, 1.165) is 0 Å². The number of aldehydes is 1. The summed E-state index contributed by atoms with van der Waals surface area (Å²) < 4.78 is 28.0. The van der Waals surface area contributed by atoms with Crippen LogP contribution < -0.4 is 0 Å². The molecule has 0 aromatic heterocycles. The van der Waals surface area contributed by atoms with Crippen molar-refractivity contribution in [2.24, 2.45) is 0 Å². The molecule has 0 aromatic carbocycles. The third-order valence-corrected chi connectivity index (χ3v) is 28.3. The van der Waals surface area contributed by atoms with Gasteiger partial charge in [-0.2, -0.15) is 0 Å². The van der Waals surface area contributed by atoms with Gasteiger partial charge in [-0.25, -0.2) is 0 Å². The molecule has 0 heterocycles. The predicted octanol–water partition coefficient (Wildman–Crippen LogP) is 8.74. The Labute approximate surface area is 253 Å². The van der Waals surface area contributed by atoms with Crippen LogP contribution in [0, 0.1) is 0 Å². The summed E-state index contributed by atoms with van der Waals surface area (Å²) in [6.45, 7) is 44.4. The van der Waals surface area contributed by atoms with E-state index in [2.05, 4.69) is 135 Å². The van der Waals surface area contributed by atoms with Crippen molar-refractivity contribution < 1.29 is 27.6 Å². The quantitative estimate of drug-likeness (QED) is 0.161. The van der Waals surface area contributed by atoms with Gasteiger partial charge in [-0.05, 0) is 72.5 Å². The first-order chi connectivity index (χ1) is 17.2. The molecule has 6 nitrogen and oxygen atoms in total. The highest BCUT2D eigenvalue weighted by atomic mass is 28.4. The van der Waals surface area contributed by atoms with Crippen LogP contribution in [0.5, 0.6) is 0 Å². The van der Waals surface area contributed by atoms with Gasteiger partial charge in [0.2, 0.25) is 0 Å². The smallest absolute Gasteiger partial charge is 0.192 e. The molecule has 0 fully saturated rings. The number of hydrogen-bond donors (Lipinski definition) is 1. The van der Waals surface area contributed by atoms with Gasteiger partial charge in [-0.3, -0.25) is 0 Å². The molecule has 0 aliphatic heterocycles. The van der Waals surface area contributed by atoms with Crippen molar-refractivity contribution in [2.45, 2.75) is 180 Å². The fourth-order valence-electron chi connectivity index (χ4n) is 3.06. The van der Waals surface area contributed by atoms with Gasteiger partial charge in [0.1, 0.15) is 18.3 Å². The fourth-order valence-corrected chi connectivity index (χ4v) is 8.01. The van der Waals surface area contributed by atoms with Crippen molar-refractivity contribution in [1.82, 2.24) is 0 Å². The van der Waals surface area contributed by atoms with Gasteiger partial charge in [-0.15, -0.1) is 0 Å². The van der Waals surface area contributed by atoms with E-state index < -0.39 is 57.7 Å². The molecule has 40 heavy (non-hydrogen) atoms. The maximum absolute atomic E-state index is 12.2. The van der Waals surface area contributed by atoms with Crippen LogP contribution in [0.25, 0.3) is 0 Å². The average molecular weight is 637 g/mol. The molecule has 0 rings (SSSR count). The zero-order valence-corrected chi connectivity index (χ0v) is 34.1. The maximum Gasteiger partial charge on any atom is 0.192 e. The first-order valence-corrected chi connectivity index (χ1v) is 26.7. The Morgan fingerprint density at radius 2 is 0.850 bits per heavy atom. The Morgan fingerprint density at radius 1 is 0.550 bits per heavy atom. The Bertz CT molecular complexity index is 814. The summed E-state index contributed by atoms with van der Waals surface area (Å²) in [7, 11) is -9.30. The lowest BCUT2D eigenvalue weighted by Gasteiger charge is -2.50. The lowest BCUT2D eigenvalue weighted by Crippen LogP contribution is -2.62. The zero-order chi connectivity index (χ0) is 32.6. The van der Waals surface area contributed by atoms with Crippen molar-refractivity contribution >= 4 is 39.6 Å². The summed E-state index contributed by atoms with van der Waals surface area (Å²) >= 11 is 0. The molecule has 4 atom stereocenters. The Balaban J connectivity index is 7.26. The molecular weight excluding hydrogens is 569 g/mol. The van der Waals surface area contributed by atoms with Crippen LogP contribution in [0.1, 0.15) is 83.1 Å². The van der Waals surface area contributed by atoms with E-state index in [9.17, 15) is 9.90 Å². The number of carbonyl (C=O) groups excluding carboxylic acids is 1. The number of carbonyl (C=O) groups is 1. The molecule has 0 unspecified atom stereocenters. The highest BCUT2D eigenvalue weighted by Crippen LogP contribution is 2.44. The van der Waals surface area contributed by atoms with Crippen molar-refractivity contribution in [1.29, 1.82) is 0 Å².